The van der Waals surface area contributed by atoms with E-state index in [0.717, 1.165) is 5.56 Å². The Morgan fingerprint density at radius 2 is 1.95 bits per heavy atom. The Morgan fingerprint density at radius 1 is 1.35 bits per heavy atom. The van der Waals surface area contributed by atoms with Crippen LogP contribution >= 0.6 is 11.6 Å². The summed E-state index contributed by atoms with van der Waals surface area (Å²) in [6, 6.07) is 9.12. The molecule has 1 aromatic carbocycles. The molecular weight excluding hydrogens is 278 g/mol. The summed E-state index contributed by atoms with van der Waals surface area (Å²) in [4.78, 5) is 11.8. The van der Waals surface area contributed by atoms with Gasteiger partial charge < -0.3 is 15.2 Å². The highest BCUT2D eigenvalue weighted by molar-refractivity contribution is 6.18. The second-order valence-electron chi connectivity index (χ2n) is 5.66. The van der Waals surface area contributed by atoms with Crippen molar-refractivity contribution in [3.8, 4) is 0 Å². The van der Waals surface area contributed by atoms with Gasteiger partial charge in [0, 0.05) is 0 Å². The van der Waals surface area contributed by atoms with Gasteiger partial charge in [0.15, 0.2) is 0 Å². The number of benzene rings is 1. The third kappa shape index (κ3) is 6.26. The summed E-state index contributed by atoms with van der Waals surface area (Å²) in [5.74, 6) is 0.0489. The second-order valence-corrected chi connectivity index (χ2v) is 5.97. The third-order valence-electron chi connectivity index (χ3n) is 2.62. The number of amides is 1. The molecule has 0 spiro atoms. The topological polar surface area (TPSA) is 58.6 Å². The van der Waals surface area contributed by atoms with Gasteiger partial charge in [-0.15, -0.1) is 11.6 Å². The molecule has 0 radical (unpaired) electrons. The van der Waals surface area contributed by atoms with Gasteiger partial charge in [0.1, 0.15) is 5.60 Å². The van der Waals surface area contributed by atoms with Crippen LogP contribution in [0.2, 0.25) is 0 Å². The van der Waals surface area contributed by atoms with Crippen LogP contribution in [0.4, 0.5) is 4.79 Å². The summed E-state index contributed by atoms with van der Waals surface area (Å²) in [5, 5.41) is 12.6. The van der Waals surface area contributed by atoms with Crippen LogP contribution in [0.25, 0.3) is 0 Å². The molecule has 0 heterocycles. The molecule has 2 N–H and O–H groups in total. The van der Waals surface area contributed by atoms with Crippen molar-refractivity contribution in [1.29, 1.82) is 0 Å². The zero-order valence-corrected chi connectivity index (χ0v) is 12.9. The lowest BCUT2D eigenvalue weighted by atomic mass is 10.0. The smallest absolute Gasteiger partial charge is 0.407 e. The number of alkyl carbamates (subject to hydrolysis) is 1. The maximum Gasteiger partial charge on any atom is 0.407 e. The van der Waals surface area contributed by atoms with E-state index in [-0.39, 0.29) is 5.88 Å². The van der Waals surface area contributed by atoms with Gasteiger partial charge in [-0.25, -0.2) is 4.79 Å². The minimum Gasteiger partial charge on any atom is -0.444 e. The van der Waals surface area contributed by atoms with Crippen molar-refractivity contribution in [3.05, 3.63) is 35.9 Å². The average Bonchev–Trinajstić information content (AvgIpc) is 2.36. The Balaban J connectivity index is 2.68. The molecule has 20 heavy (non-hydrogen) atoms. The fourth-order valence-corrected chi connectivity index (χ4v) is 1.93. The molecule has 5 heteroatoms. The SMILES string of the molecule is CC(C)(C)OC(=O)N[C@H](Cc1ccccc1)[C@H](O)CCl. The lowest BCUT2D eigenvalue weighted by molar-refractivity contribution is 0.0440. The quantitative estimate of drug-likeness (QED) is 0.822. The molecule has 0 fully saturated rings. The van der Waals surface area contributed by atoms with Crippen LogP contribution in [-0.2, 0) is 11.2 Å². The molecule has 0 bridgehead atoms. The van der Waals surface area contributed by atoms with Gasteiger partial charge in [0.05, 0.1) is 18.0 Å². The van der Waals surface area contributed by atoms with E-state index in [0.29, 0.717) is 6.42 Å². The van der Waals surface area contributed by atoms with Gasteiger partial charge in [-0.2, -0.15) is 0 Å². The number of halogens is 1. The molecule has 1 amide bonds. The van der Waals surface area contributed by atoms with Crippen molar-refractivity contribution in [2.75, 3.05) is 5.88 Å². The van der Waals surface area contributed by atoms with E-state index in [1.54, 1.807) is 20.8 Å². The summed E-state index contributed by atoms with van der Waals surface area (Å²) in [6.07, 6.45) is -0.888. The Morgan fingerprint density at radius 3 is 2.45 bits per heavy atom. The minimum atomic E-state index is -0.829. The number of alkyl halides is 1. The van der Waals surface area contributed by atoms with Crippen LogP contribution in [0.15, 0.2) is 30.3 Å². The number of aliphatic hydroxyl groups is 1. The highest BCUT2D eigenvalue weighted by atomic mass is 35.5. The van der Waals surface area contributed by atoms with Crippen LogP contribution in [-0.4, -0.2) is 34.8 Å². The van der Waals surface area contributed by atoms with Gasteiger partial charge in [-0.3, -0.25) is 0 Å². The Bertz CT molecular complexity index is 417. The fourth-order valence-electron chi connectivity index (χ4n) is 1.72. The van der Waals surface area contributed by atoms with E-state index in [4.69, 9.17) is 16.3 Å². The number of rotatable bonds is 5. The zero-order valence-electron chi connectivity index (χ0n) is 12.1. The summed E-state index contributed by atoms with van der Waals surface area (Å²) < 4.78 is 5.20. The van der Waals surface area contributed by atoms with Gasteiger partial charge in [-0.1, -0.05) is 30.3 Å². The van der Waals surface area contributed by atoms with E-state index >= 15 is 0 Å². The van der Waals surface area contributed by atoms with E-state index in [9.17, 15) is 9.90 Å². The standard InChI is InChI=1S/C15H22ClNO3/c1-15(2,3)20-14(19)17-12(13(18)10-16)9-11-7-5-4-6-8-11/h4-8,12-13,18H,9-10H2,1-3H3,(H,17,19)/t12-,13-/m1/s1. The molecular formula is C15H22ClNO3. The molecule has 1 rings (SSSR count). The van der Waals surface area contributed by atoms with Crippen molar-refractivity contribution in [3.63, 3.8) is 0 Å². The van der Waals surface area contributed by atoms with Crippen LogP contribution in [0, 0.1) is 0 Å². The van der Waals surface area contributed by atoms with Crippen molar-refractivity contribution in [2.45, 2.75) is 44.9 Å². The molecule has 4 nitrogen and oxygen atoms in total. The lowest BCUT2D eigenvalue weighted by Gasteiger charge is -2.26. The van der Waals surface area contributed by atoms with Crippen molar-refractivity contribution < 1.29 is 14.6 Å². The predicted octanol–water partition coefficient (Wildman–Crippen LogP) is 2.72. The summed E-state index contributed by atoms with van der Waals surface area (Å²) in [7, 11) is 0. The molecule has 0 aliphatic heterocycles. The van der Waals surface area contributed by atoms with Crippen LogP contribution in [0.5, 0.6) is 0 Å². The number of hydrogen-bond acceptors (Lipinski definition) is 3. The largest absolute Gasteiger partial charge is 0.444 e. The number of ether oxygens (including phenoxy) is 1. The predicted molar refractivity (Wildman–Crippen MR) is 80.0 cm³/mol. The molecule has 0 saturated carbocycles. The maximum absolute atomic E-state index is 11.8. The normalized spacial score (nSPS) is 14.4. The molecule has 0 unspecified atom stereocenters. The molecule has 0 saturated heterocycles. The van der Waals surface area contributed by atoms with Gasteiger partial charge >= 0.3 is 6.09 Å². The second kappa shape index (κ2) is 7.50. The fraction of sp³-hybridized carbons (Fsp3) is 0.533. The van der Waals surface area contributed by atoms with Crippen LogP contribution < -0.4 is 5.32 Å². The highest BCUT2D eigenvalue weighted by Crippen LogP contribution is 2.10. The highest BCUT2D eigenvalue weighted by Gasteiger charge is 2.24. The van der Waals surface area contributed by atoms with Crippen LogP contribution in [0.1, 0.15) is 26.3 Å². The molecule has 0 aromatic heterocycles. The van der Waals surface area contributed by atoms with E-state index < -0.39 is 23.8 Å². The number of aliphatic hydroxyl groups excluding tert-OH is 1. The van der Waals surface area contributed by atoms with E-state index in [1.165, 1.54) is 0 Å². The Labute approximate surface area is 125 Å². The summed E-state index contributed by atoms with van der Waals surface area (Å²) >= 11 is 5.69. The first-order valence-electron chi connectivity index (χ1n) is 6.59. The zero-order chi connectivity index (χ0) is 15.2. The minimum absolute atomic E-state index is 0.0489. The lowest BCUT2D eigenvalue weighted by Crippen LogP contribution is -2.47. The maximum atomic E-state index is 11.8. The number of hydrogen-bond donors (Lipinski definition) is 2. The van der Waals surface area contributed by atoms with E-state index in [1.807, 2.05) is 30.3 Å². The van der Waals surface area contributed by atoms with Crippen molar-refractivity contribution in [2.24, 2.45) is 0 Å². The number of carbonyl (C=O) groups excluding carboxylic acids is 1. The molecule has 112 valence electrons. The van der Waals surface area contributed by atoms with Gasteiger partial charge in [0.2, 0.25) is 0 Å². The number of carbonyl (C=O) groups is 1. The molecule has 2 atom stereocenters. The Hall–Kier alpha value is -1.26. The molecule has 0 aliphatic rings. The first-order chi connectivity index (χ1) is 9.31. The van der Waals surface area contributed by atoms with Crippen LogP contribution in [0.3, 0.4) is 0 Å². The summed E-state index contributed by atoms with van der Waals surface area (Å²) in [6.45, 7) is 5.37. The van der Waals surface area contributed by atoms with Crippen molar-refractivity contribution >= 4 is 17.7 Å². The van der Waals surface area contributed by atoms with Gasteiger partial charge in [0.25, 0.3) is 0 Å². The Kier molecular flexibility index (Phi) is 6.30. The molecule has 1 aromatic rings. The summed E-state index contributed by atoms with van der Waals surface area (Å²) in [5.41, 5.74) is 0.436. The average molecular weight is 300 g/mol. The molecule has 0 aliphatic carbocycles. The number of nitrogens with one attached hydrogen (secondary N) is 1. The first kappa shape index (κ1) is 16.8. The first-order valence-corrected chi connectivity index (χ1v) is 7.13. The third-order valence-corrected chi connectivity index (χ3v) is 2.94. The van der Waals surface area contributed by atoms with E-state index in [2.05, 4.69) is 5.32 Å². The van der Waals surface area contributed by atoms with Crippen molar-refractivity contribution in [1.82, 2.24) is 5.32 Å². The monoisotopic (exact) mass is 299 g/mol. The van der Waals surface area contributed by atoms with Gasteiger partial charge in [-0.05, 0) is 32.8 Å².